The number of aliphatic hydroxyl groups excluding tert-OH is 1. The lowest BCUT2D eigenvalue weighted by atomic mass is 9.82. The highest BCUT2D eigenvalue weighted by Gasteiger charge is 2.24. The maximum atomic E-state index is 12.1. The van der Waals surface area contributed by atoms with Crippen molar-refractivity contribution in [1.29, 1.82) is 0 Å². The lowest BCUT2D eigenvalue weighted by Gasteiger charge is -2.30. The van der Waals surface area contributed by atoms with Crippen LogP contribution in [0.3, 0.4) is 0 Å². The second kappa shape index (κ2) is 7.65. The Balaban J connectivity index is 1.86. The van der Waals surface area contributed by atoms with Crippen LogP contribution in [0.25, 0.3) is 0 Å². The van der Waals surface area contributed by atoms with Gasteiger partial charge in [-0.3, -0.25) is 4.79 Å². The van der Waals surface area contributed by atoms with Crippen LogP contribution < -0.4 is 5.32 Å². The van der Waals surface area contributed by atoms with Crippen LogP contribution in [-0.4, -0.2) is 23.7 Å². The fraction of sp³-hybridized carbons (Fsp3) is 0.667. The molecule has 106 valence electrons. The molecule has 0 bridgehead atoms. The lowest BCUT2D eigenvalue weighted by Crippen LogP contribution is -2.42. The van der Waals surface area contributed by atoms with E-state index in [-0.39, 0.29) is 18.6 Å². The van der Waals surface area contributed by atoms with Crippen molar-refractivity contribution in [2.24, 2.45) is 5.92 Å². The van der Waals surface area contributed by atoms with E-state index in [2.05, 4.69) is 5.32 Å². The fourth-order valence-corrected chi connectivity index (χ4v) is 3.63. The summed E-state index contributed by atoms with van der Waals surface area (Å²) in [6.07, 6.45) is 7.34. The summed E-state index contributed by atoms with van der Waals surface area (Å²) >= 11 is 1.62. The highest BCUT2D eigenvalue weighted by Crippen LogP contribution is 2.27. The van der Waals surface area contributed by atoms with Crippen LogP contribution >= 0.6 is 11.3 Å². The minimum atomic E-state index is 0.0893. The van der Waals surface area contributed by atoms with E-state index in [0.717, 1.165) is 4.88 Å². The maximum absolute atomic E-state index is 12.1. The Morgan fingerprint density at radius 3 is 2.84 bits per heavy atom. The van der Waals surface area contributed by atoms with Crippen LogP contribution in [-0.2, 0) is 11.2 Å². The Labute approximate surface area is 119 Å². The summed E-state index contributed by atoms with van der Waals surface area (Å²) in [5.41, 5.74) is 0. The summed E-state index contributed by atoms with van der Waals surface area (Å²) in [4.78, 5) is 13.2. The van der Waals surface area contributed by atoms with Gasteiger partial charge in [0.2, 0.25) is 5.91 Å². The number of hydrogen-bond donors (Lipinski definition) is 2. The molecule has 2 N–H and O–H groups in total. The number of aliphatic hydroxyl groups is 1. The first-order valence-corrected chi connectivity index (χ1v) is 8.10. The van der Waals surface area contributed by atoms with Crippen LogP contribution in [0.1, 0.15) is 43.4 Å². The van der Waals surface area contributed by atoms with E-state index in [0.29, 0.717) is 18.8 Å². The number of hydrogen-bond acceptors (Lipinski definition) is 3. The van der Waals surface area contributed by atoms with Gasteiger partial charge in [-0.1, -0.05) is 25.3 Å². The van der Waals surface area contributed by atoms with Gasteiger partial charge in [-0.2, -0.15) is 0 Å². The average molecular weight is 281 g/mol. The van der Waals surface area contributed by atoms with Gasteiger partial charge >= 0.3 is 0 Å². The first-order valence-electron chi connectivity index (χ1n) is 7.22. The number of carbonyl (C=O) groups is 1. The largest absolute Gasteiger partial charge is 0.396 e. The van der Waals surface area contributed by atoms with Crippen molar-refractivity contribution in [3.8, 4) is 0 Å². The van der Waals surface area contributed by atoms with Gasteiger partial charge < -0.3 is 10.4 Å². The molecule has 1 saturated carbocycles. The Bertz CT molecular complexity index is 372. The number of carbonyl (C=O) groups excluding carboxylic acids is 1. The highest BCUT2D eigenvalue weighted by molar-refractivity contribution is 7.10. The summed E-state index contributed by atoms with van der Waals surface area (Å²) < 4.78 is 0. The second-order valence-corrected chi connectivity index (χ2v) is 6.37. The van der Waals surface area contributed by atoms with E-state index in [1.165, 1.54) is 32.1 Å². The summed E-state index contributed by atoms with van der Waals surface area (Å²) in [5.74, 6) is 0.639. The van der Waals surface area contributed by atoms with E-state index in [1.54, 1.807) is 11.3 Å². The highest BCUT2D eigenvalue weighted by atomic mass is 32.1. The third kappa shape index (κ3) is 4.62. The van der Waals surface area contributed by atoms with Gasteiger partial charge in [-0.05, 0) is 36.6 Å². The molecule has 1 atom stereocenters. The molecule has 1 aromatic rings. The molecule has 0 spiro atoms. The normalized spacial score (nSPS) is 18.2. The van der Waals surface area contributed by atoms with Crippen molar-refractivity contribution < 1.29 is 9.90 Å². The third-order valence-electron chi connectivity index (χ3n) is 3.92. The van der Waals surface area contributed by atoms with Gasteiger partial charge in [-0.25, -0.2) is 0 Å². The van der Waals surface area contributed by atoms with Crippen molar-refractivity contribution in [3.63, 3.8) is 0 Å². The molecule has 0 radical (unpaired) electrons. The number of amides is 1. The number of nitrogens with one attached hydrogen (secondary N) is 1. The van der Waals surface area contributed by atoms with Crippen LogP contribution in [0, 0.1) is 5.92 Å². The quantitative estimate of drug-likeness (QED) is 0.842. The maximum Gasteiger partial charge on any atom is 0.225 e. The topological polar surface area (TPSA) is 49.3 Å². The second-order valence-electron chi connectivity index (χ2n) is 5.34. The van der Waals surface area contributed by atoms with E-state index in [1.807, 2.05) is 17.5 Å². The summed E-state index contributed by atoms with van der Waals surface area (Å²) in [6, 6.07) is 4.11. The van der Waals surface area contributed by atoms with Crippen molar-refractivity contribution in [2.45, 2.75) is 51.0 Å². The summed E-state index contributed by atoms with van der Waals surface area (Å²) in [7, 11) is 0. The van der Waals surface area contributed by atoms with Crippen LogP contribution in [0.4, 0.5) is 0 Å². The minimum Gasteiger partial charge on any atom is -0.396 e. The average Bonchev–Trinajstić information content (AvgIpc) is 2.92. The standard InChI is InChI=1S/C15H23NO2S/c17-9-8-14(12-5-2-1-3-6-12)16-15(18)11-13-7-4-10-19-13/h4,7,10,12,14,17H,1-3,5-6,8-9,11H2,(H,16,18). The van der Waals surface area contributed by atoms with Crippen LogP contribution in [0.5, 0.6) is 0 Å². The smallest absolute Gasteiger partial charge is 0.225 e. The molecule has 1 aromatic heterocycles. The van der Waals surface area contributed by atoms with Gasteiger partial charge in [-0.15, -0.1) is 11.3 Å². The zero-order valence-electron chi connectivity index (χ0n) is 11.3. The van der Waals surface area contributed by atoms with Crippen molar-refractivity contribution in [2.75, 3.05) is 6.61 Å². The first-order chi connectivity index (χ1) is 9.29. The molecular formula is C15H23NO2S. The van der Waals surface area contributed by atoms with Crippen molar-refractivity contribution >= 4 is 17.2 Å². The zero-order chi connectivity index (χ0) is 13.5. The van der Waals surface area contributed by atoms with Crippen LogP contribution in [0.2, 0.25) is 0 Å². The van der Waals surface area contributed by atoms with Gasteiger partial charge in [0.05, 0.1) is 6.42 Å². The van der Waals surface area contributed by atoms with E-state index >= 15 is 0 Å². The zero-order valence-corrected chi connectivity index (χ0v) is 12.1. The first kappa shape index (κ1) is 14.5. The third-order valence-corrected chi connectivity index (χ3v) is 4.80. The SMILES string of the molecule is O=C(Cc1cccs1)NC(CCO)C1CCCCC1. The lowest BCUT2D eigenvalue weighted by molar-refractivity contribution is -0.121. The predicted molar refractivity (Wildman–Crippen MR) is 78.2 cm³/mol. The molecule has 1 aliphatic carbocycles. The molecular weight excluding hydrogens is 258 g/mol. The van der Waals surface area contributed by atoms with Crippen molar-refractivity contribution in [3.05, 3.63) is 22.4 Å². The Morgan fingerprint density at radius 2 is 2.21 bits per heavy atom. The fourth-order valence-electron chi connectivity index (χ4n) is 2.93. The van der Waals surface area contributed by atoms with E-state index in [4.69, 9.17) is 0 Å². The van der Waals surface area contributed by atoms with E-state index < -0.39 is 0 Å². The van der Waals surface area contributed by atoms with Gasteiger partial charge in [0.15, 0.2) is 0 Å². The molecule has 19 heavy (non-hydrogen) atoms. The van der Waals surface area contributed by atoms with E-state index in [9.17, 15) is 9.90 Å². The molecule has 2 rings (SSSR count). The molecule has 3 nitrogen and oxygen atoms in total. The van der Waals surface area contributed by atoms with Gasteiger partial charge in [0.1, 0.15) is 0 Å². The number of thiophene rings is 1. The van der Waals surface area contributed by atoms with Crippen LogP contribution in [0.15, 0.2) is 17.5 Å². The molecule has 1 amide bonds. The summed E-state index contributed by atoms with van der Waals surface area (Å²) in [6.45, 7) is 0.153. The molecule has 1 unspecified atom stereocenters. The monoisotopic (exact) mass is 281 g/mol. The Morgan fingerprint density at radius 1 is 1.42 bits per heavy atom. The molecule has 0 aromatic carbocycles. The molecule has 1 fully saturated rings. The Kier molecular flexibility index (Phi) is 5.86. The van der Waals surface area contributed by atoms with Gasteiger partial charge in [0, 0.05) is 17.5 Å². The predicted octanol–water partition coefficient (Wildman–Crippen LogP) is 2.74. The molecule has 1 aliphatic rings. The molecule has 4 heteroatoms. The van der Waals surface area contributed by atoms with Gasteiger partial charge in [0.25, 0.3) is 0 Å². The Hall–Kier alpha value is -0.870. The number of rotatable bonds is 6. The molecule has 1 heterocycles. The molecule has 0 aliphatic heterocycles. The minimum absolute atomic E-state index is 0.0893. The van der Waals surface area contributed by atoms with Crippen molar-refractivity contribution in [1.82, 2.24) is 5.32 Å². The molecule has 0 saturated heterocycles. The summed E-state index contributed by atoms with van der Waals surface area (Å²) in [5, 5.41) is 14.3.